The maximum absolute atomic E-state index is 11.7. The van der Waals surface area contributed by atoms with E-state index >= 15 is 0 Å². The van der Waals surface area contributed by atoms with Gasteiger partial charge in [0.2, 0.25) is 0 Å². The van der Waals surface area contributed by atoms with Gasteiger partial charge in [-0.25, -0.2) is 5.43 Å². The minimum absolute atomic E-state index is 0.00513. The average molecular weight is 471 g/mol. The smallest absolute Gasteiger partial charge is 0.310 e. The lowest BCUT2D eigenvalue weighted by molar-refractivity contribution is -0.385. The number of hydrogen-bond donors (Lipinski definition) is 2. The van der Waals surface area contributed by atoms with Gasteiger partial charge in [0.1, 0.15) is 0 Å². The number of phenols is 1. The van der Waals surface area contributed by atoms with E-state index in [-0.39, 0.29) is 22.9 Å². The first-order valence-electron chi connectivity index (χ1n) is 7.17. The highest BCUT2D eigenvalue weighted by atomic mass is 127. The molecule has 0 aliphatic rings. The third-order valence-corrected chi connectivity index (χ3v) is 3.92. The Morgan fingerprint density at radius 3 is 2.81 bits per heavy atom. The number of nitro benzene ring substituents is 1. The number of amides is 1. The summed E-state index contributed by atoms with van der Waals surface area (Å²) in [5.41, 5.74) is 2.63. The van der Waals surface area contributed by atoms with Gasteiger partial charge in [0.05, 0.1) is 21.8 Å². The molecular formula is C16H14IN3O6. The van der Waals surface area contributed by atoms with Crippen LogP contribution in [0.25, 0.3) is 0 Å². The van der Waals surface area contributed by atoms with Crippen LogP contribution in [-0.4, -0.2) is 35.9 Å². The summed E-state index contributed by atoms with van der Waals surface area (Å²) in [5.74, 6) is -0.286. The Balaban J connectivity index is 1.94. The van der Waals surface area contributed by atoms with E-state index in [1.807, 2.05) is 22.6 Å². The van der Waals surface area contributed by atoms with E-state index in [9.17, 15) is 20.0 Å². The number of benzene rings is 2. The molecule has 2 aromatic rings. The number of nitro groups is 1. The number of phenolic OH excluding ortho intramolecular Hbond substituents is 1. The fourth-order valence-corrected chi connectivity index (χ4v) is 2.53. The first-order valence-corrected chi connectivity index (χ1v) is 8.25. The standard InChI is InChI=1S/C16H14IN3O6/c1-25-14-7-10(6-11(17)16(14)22)8-18-19-15(21)9-26-13-5-3-2-4-12(13)20(23)24/h2-8,22H,9H2,1H3,(H,19,21)/b18-8+. The number of rotatable bonds is 7. The Hall–Kier alpha value is -2.89. The fraction of sp³-hybridized carbons (Fsp3) is 0.125. The summed E-state index contributed by atoms with van der Waals surface area (Å²) in [7, 11) is 1.42. The third-order valence-electron chi connectivity index (χ3n) is 3.09. The molecule has 0 spiro atoms. The number of nitrogens with one attached hydrogen (secondary N) is 1. The Labute approximate surface area is 161 Å². The van der Waals surface area contributed by atoms with E-state index in [4.69, 9.17) is 9.47 Å². The van der Waals surface area contributed by atoms with E-state index < -0.39 is 17.4 Å². The molecule has 0 bridgehead atoms. The van der Waals surface area contributed by atoms with Gasteiger partial charge < -0.3 is 14.6 Å². The molecule has 10 heteroatoms. The van der Waals surface area contributed by atoms with Crippen molar-refractivity contribution in [2.75, 3.05) is 13.7 Å². The molecule has 0 radical (unpaired) electrons. The quantitative estimate of drug-likeness (QED) is 0.277. The molecule has 2 N–H and O–H groups in total. The van der Waals surface area contributed by atoms with Gasteiger partial charge in [-0.15, -0.1) is 0 Å². The summed E-state index contributed by atoms with van der Waals surface area (Å²) in [4.78, 5) is 22.0. The van der Waals surface area contributed by atoms with Crippen LogP contribution in [0.2, 0.25) is 0 Å². The normalized spacial score (nSPS) is 10.5. The Kier molecular flexibility index (Phi) is 6.72. The van der Waals surface area contributed by atoms with Gasteiger partial charge in [-0.05, 0) is 46.4 Å². The number of carbonyl (C=O) groups is 1. The molecule has 2 rings (SSSR count). The lowest BCUT2D eigenvalue weighted by Gasteiger charge is -2.07. The van der Waals surface area contributed by atoms with Crippen LogP contribution in [0.1, 0.15) is 5.56 Å². The SMILES string of the molecule is COc1cc(/C=N/NC(=O)COc2ccccc2[N+](=O)[O-])cc(I)c1O. The molecule has 0 atom stereocenters. The summed E-state index contributed by atoms with van der Waals surface area (Å²) in [6.07, 6.45) is 1.37. The average Bonchev–Trinajstić information content (AvgIpc) is 2.62. The van der Waals surface area contributed by atoms with Crippen LogP contribution in [0.4, 0.5) is 5.69 Å². The second kappa shape index (κ2) is 8.99. The van der Waals surface area contributed by atoms with Crippen molar-refractivity contribution in [3.05, 3.63) is 55.6 Å². The molecule has 0 fully saturated rings. The van der Waals surface area contributed by atoms with Crippen molar-refractivity contribution < 1.29 is 24.3 Å². The lowest BCUT2D eigenvalue weighted by Crippen LogP contribution is -2.24. The zero-order chi connectivity index (χ0) is 19.1. The van der Waals surface area contributed by atoms with Crippen molar-refractivity contribution in [2.45, 2.75) is 0 Å². The fourth-order valence-electron chi connectivity index (χ4n) is 1.91. The summed E-state index contributed by atoms with van der Waals surface area (Å²) < 4.78 is 10.7. The number of halogens is 1. The highest BCUT2D eigenvalue weighted by Crippen LogP contribution is 2.31. The summed E-state index contributed by atoms with van der Waals surface area (Å²) >= 11 is 1.94. The second-order valence-corrected chi connectivity index (χ2v) is 6.02. The van der Waals surface area contributed by atoms with Crippen molar-refractivity contribution in [3.8, 4) is 17.2 Å². The number of aromatic hydroxyl groups is 1. The van der Waals surface area contributed by atoms with E-state index in [1.165, 1.54) is 31.5 Å². The number of hydrazone groups is 1. The van der Waals surface area contributed by atoms with Crippen LogP contribution < -0.4 is 14.9 Å². The third kappa shape index (κ3) is 5.05. The zero-order valence-electron chi connectivity index (χ0n) is 13.5. The maximum atomic E-state index is 11.7. The lowest BCUT2D eigenvalue weighted by atomic mass is 10.2. The van der Waals surface area contributed by atoms with Crippen LogP contribution in [0.3, 0.4) is 0 Å². The van der Waals surface area contributed by atoms with Gasteiger partial charge >= 0.3 is 5.69 Å². The summed E-state index contributed by atoms with van der Waals surface area (Å²) in [6, 6.07) is 8.96. The molecular weight excluding hydrogens is 457 g/mol. The number of methoxy groups -OCH3 is 1. The van der Waals surface area contributed by atoms with Gasteiger partial charge in [0, 0.05) is 6.07 Å². The first-order chi connectivity index (χ1) is 12.4. The van der Waals surface area contributed by atoms with Crippen LogP contribution >= 0.6 is 22.6 Å². The van der Waals surface area contributed by atoms with Gasteiger partial charge in [-0.1, -0.05) is 12.1 Å². The zero-order valence-corrected chi connectivity index (χ0v) is 15.7. The van der Waals surface area contributed by atoms with Crippen molar-refractivity contribution in [1.82, 2.24) is 5.43 Å². The summed E-state index contributed by atoms with van der Waals surface area (Å²) in [5, 5.41) is 24.4. The predicted octanol–water partition coefficient (Wildman–Crippen LogP) is 2.44. The first kappa shape index (κ1) is 19.4. The molecule has 0 unspecified atom stereocenters. The number of hydrogen-bond acceptors (Lipinski definition) is 7. The van der Waals surface area contributed by atoms with Crippen molar-refractivity contribution in [1.29, 1.82) is 0 Å². The Morgan fingerprint density at radius 1 is 1.38 bits per heavy atom. The van der Waals surface area contributed by atoms with Gasteiger partial charge in [-0.2, -0.15) is 5.10 Å². The predicted molar refractivity (Wildman–Crippen MR) is 102 cm³/mol. The van der Waals surface area contributed by atoms with E-state index in [0.717, 1.165) is 0 Å². The minimum Gasteiger partial charge on any atom is -0.504 e. The van der Waals surface area contributed by atoms with E-state index in [2.05, 4.69) is 10.5 Å². The monoisotopic (exact) mass is 471 g/mol. The molecule has 0 saturated carbocycles. The molecule has 0 aliphatic carbocycles. The van der Waals surface area contributed by atoms with Gasteiger partial charge in [0.25, 0.3) is 5.91 Å². The molecule has 1 amide bonds. The van der Waals surface area contributed by atoms with Crippen molar-refractivity contribution in [2.24, 2.45) is 5.10 Å². The number of ether oxygens (including phenoxy) is 2. The molecule has 136 valence electrons. The molecule has 0 heterocycles. The molecule has 0 saturated heterocycles. The molecule has 2 aromatic carbocycles. The van der Waals surface area contributed by atoms with Crippen molar-refractivity contribution >= 4 is 40.4 Å². The molecule has 0 aromatic heterocycles. The van der Waals surface area contributed by atoms with Crippen LogP contribution in [0.5, 0.6) is 17.2 Å². The maximum Gasteiger partial charge on any atom is 0.310 e. The number of carbonyl (C=O) groups excluding carboxylic acids is 1. The number of para-hydroxylation sites is 2. The highest BCUT2D eigenvalue weighted by Gasteiger charge is 2.14. The molecule has 9 nitrogen and oxygen atoms in total. The van der Waals surface area contributed by atoms with E-state index in [1.54, 1.807) is 18.2 Å². The van der Waals surface area contributed by atoms with Crippen molar-refractivity contribution in [3.63, 3.8) is 0 Å². The van der Waals surface area contributed by atoms with Gasteiger partial charge in [-0.3, -0.25) is 14.9 Å². The number of nitrogens with zero attached hydrogens (tertiary/aromatic N) is 2. The largest absolute Gasteiger partial charge is 0.504 e. The van der Waals surface area contributed by atoms with E-state index in [0.29, 0.717) is 9.13 Å². The molecule has 0 aliphatic heterocycles. The van der Waals surface area contributed by atoms with Crippen LogP contribution in [0.15, 0.2) is 41.5 Å². The minimum atomic E-state index is -0.592. The van der Waals surface area contributed by atoms with Gasteiger partial charge in [0.15, 0.2) is 23.9 Å². The Morgan fingerprint density at radius 2 is 2.12 bits per heavy atom. The van der Waals surface area contributed by atoms with Crippen LogP contribution in [-0.2, 0) is 4.79 Å². The second-order valence-electron chi connectivity index (χ2n) is 4.86. The highest BCUT2D eigenvalue weighted by molar-refractivity contribution is 14.1. The summed E-state index contributed by atoms with van der Waals surface area (Å²) in [6.45, 7) is -0.432. The van der Waals surface area contributed by atoms with Crippen LogP contribution in [0, 0.1) is 13.7 Å². The Bertz CT molecular complexity index is 856. The molecule has 26 heavy (non-hydrogen) atoms. The topological polar surface area (TPSA) is 123 Å².